The summed E-state index contributed by atoms with van der Waals surface area (Å²) in [7, 11) is 0. The van der Waals surface area contributed by atoms with Crippen molar-refractivity contribution in [3.05, 3.63) is 47.8 Å². The average Bonchev–Trinajstić information content (AvgIpc) is 2.68. The molecule has 0 saturated carbocycles. The fourth-order valence-electron chi connectivity index (χ4n) is 2.89. The van der Waals surface area contributed by atoms with Gasteiger partial charge in [-0.3, -0.25) is 0 Å². The molecule has 1 aromatic carbocycles. The standard InChI is InChI=1S/C22H30N2O2/c1-3-5-6-7-8-9-10-11-18-16-23-21(24-17-18)19-12-14-20(15-13-19)22(25)26-4-2/h12-17H,3-11H2,1-2H3. The van der Waals surface area contributed by atoms with E-state index in [9.17, 15) is 4.79 Å². The van der Waals surface area contributed by atoms with Crippen molar-refractivity contribution in [1.82, 2.24) is 9.97 Å². The van der Waals surface area contributed by atoms with Gasteiger partial charge in [0.15, 0.2) is 5.82 Å². The molecule has 0 atom stereocenters. The molecule has 0 aliphatic heterocycles. The van der Waals surface area contributed by atoms with E-state index in [0.29, 0.717) is 18.0 Å². The van der Waals surface area contributed by atoms with Crippen LogP contribution in [0.4, 0.5) is 0 Å². The highest BCUT2D eigenvalue weighted by Crippen LogP contribution is 2.17. The van der Waals surface area contributed by atoms with Crippen molar-refractivity contribution in [3.8, 4) is 11.4 Å². The summed E-state index contributed by atoms with van der Waals surface area (Å²) in [6, 6.07) is 7.22. The summed E-state index contributed by atoms with van der Waals surface area (Å²) in [6.07, 6.45) is 14.0. The quantitative estimate of drug-likeness (QED) is 0.388. The van der Waals surface area contributed by atoms with Crippen LogP contribution in [-0.2, 0) is 11.2 Å². The van der Waals surface area contributed by atoms with E-state index in [4.69, 9.17) is 4.74 Å². The van der Waals surface area contributed by atoms with Crippen LogP contribution in [0.5, 0.6) is 0 Å². The van der Waals surface area contributed by atoms with Gasteiger partial charge in [-0.2, -0.15) is 0 Å². The second-order valence-corrected chi connectivity index (χ2v) is 6.58. The van der Waals surface area contributed by atoms with Crippen molar-refractivity contribution in [3.63, 3.8) is 0 Å². The number of unbranched alkanes of at least 4 members (excludes halogenated alkanes) is 6. The lowest BCUT2D eigenvalue weighted by Gasteiger charge is -2.05. The molecule has 2 rings (SSSR count). The van der Waals surface area contributed by atoms with E-state index >= 15 is 0 Å². The predicted molar refractivity (Wildman–Crippen MR) is 105 cm³/mol. The van der Waals surface area contributed by atoms with Crippen molar-refractivity contribution in [2.24, 2.45) is 0 Å². The molecule has 140 valence electrons. The number of ether oxygens (including phenoxy) is 1. The largest absolute Gasteiger partial charge is 0.462 e. The number of nitrogens with zero attached hydrogens (tertiary/aromatic N) is 2. The first-order valence-electron chi connectivity index (χ1n) is 9.83. The van der Waals surface area contributed by atoms with Crippen LogP contribution in [-0.4, -0.2) is 22.5 Å². The third-order valence-corrected chi connectivity index (χ3v) is 4.43. The molecule has 1 heterocycles. The first-order chi connectivity index (χ1) is 12.7. The van der Waals surface area contributed by atoms with Gasteiger partial charge in [0.2, 0.25) is 0 Å². The molecule has 0 saturated heterocycles. The number of esters is 1. The van der Waals surface area contributed by atoms with E-state index in [1.54, 1.807) is 19.1 Å². The van der Waals surface area contributed by atoms with E-state index in [1.807, 2.05) is 24.5 Å². The molecule has 0 amide bonds. The molecule has 2 aromatic rings. The predicted octanol–water partition coefficient (Wildman–Crippen LogP) is 5.61. The smallest absolute Gasteiger partial charge is 0.338 e. The Balaban J connectivity index is 1.80. The Morgan fingerprint density at radius 2 is 1.50 bits per heavy atom. The maximum Gasteiger partial charge on any atom is 0.338 e. The first-order valence-corrected chi connectivity index (χ1v) is 9.83. The van der Waals surface area contributed by atoms with Gasteiger partial charge in [-0.1, -0.05) is 57.6 Å². The monoisotopic (exact) mass is 354 g/mol. The van der Waals surface area contributed by atoms with Gasteiger partial charge < -0.3 is 4.74 Å². The minimum absolute atomic E-state index is 0.301. The number of aryl methyl sites for hydroxylation is 1. The molecular weight excluding hydrogens is 324 g/mol. The van der Waals surface area contributed by atoms with Gasteiger partial charge >= 0.3 is 5.97 Å². The Labute approximate surface area is 157 Å². The summed E-state index contributed by atoms with van der Waals surface area (Å²) in [5.41, 5.74) is 2.64. The zero-order chi connectivity index (χ0) is 18.6. The van der Waals surface area contributed by atoms with Gasteiger partial charge in [0.05, 0.1) is 12.2 Å². The van der Waals surface area contributed by atoms with Gasteiger partial charge in [0, 0.05) is 18.0 Å². The summed E-state index contributed by atoms with van der Waals surface area (Å²) in [5.74, 6) is 0.383. The van der Waals surface area contributed by atoms with Gasteiger partial charge in [0.1, 0.15) is 0 Å². The van der Waals surface area contributed by atoms with Crippen LogP contribution in [0.25, 0.3) is 11.4 Å². The fourth-order valence-corrected chi connectivity index (χ4v) is 2.89. The van der Waals surface area contributed by atoms with Crippen LogP contribution in [0, 0.1) is 0 Å². The second-order valence-electron chi connectivity index (χ2n) is 6.58. The first kappa shape index (κ1) is 20.1. The fraction of sp³-hybridized carbons (Fsp3) is 0.500. The molecular formula is C22H30N2O2. The van der Waals surface area contributed by atoms with Gasteiger partial charge in [-0.05, 0) is 37.5 Å². The lowest BCUT2D eigenvalue weighted by atomic mass is 10.1. The molecule has 0 fully saturated rings. The van der Waals surface area contributed by atoms with Crippen molar-refractivity contribution >= 4 is 5.97 Å². The number of benzene rings is 1. The average molecular weight is 354 g/mol. The third-order valence-electron chi connectivity index (χ3n) is 4.43. The van der Waals surface area contributed by atoms with E-state index < -0.39 is 0 Å². The van der Waals surface area contributed by atoms with Crippen LogP contribution in [0.15, 0.2) is 36.7 Å². The van der Waals surface area contributed by atoms with E-state index in [1.165, 1.54) is 50.5 Å². The SMILES string of the molecule is CCCCCCCCCc1cnc(-c2ccc(C(=O)OCC)cc2)nc1. The Morgan fingerprint density at radius 1 is 0.885 bits per heavy atom. The molecule has 0 aliphatic carbocycles. The molecule has 0 bridgehead atoms. The van der Waals surface area contributed by atoms with E-state index in [0.717, 1.165) is 12.0 Å². The Bertz CT molecular complexity index is 651. The molecule has 1 aromatic heterocycles. The van der Waals surface area contributed by atoms with Gasteiger partial charge in [0.25, 0.3) is 0 Å². The molecule has 4 heteroatoms. The molecule has 0 aliphatic rings. The minimum atomic E-state index is -0.301. The van der Waals surface area contributed by atoms with Gasteiger partial charge in [-0.15, -0.1) is 0 Å². The summed E-state index contributed by atoms with van der Waals surface area (Å²) in [5, 5.41) is 0. The van der Waals surface area contributed by atoms with Crippen molar-refractivity contribution in [1.29, 1.82) is 0 Å². The number of hydrogen-bond acceptors (Lipinski definition) is 4. The lowest BCUT2D eigenvalue weighted by Crippen LogP contribution is -2.04. The third kappa shape index (κ3) is 6.58. The van der Waals surface area contributed by atoms with Gasteiger partial charge in [-0.25, -0.2) is 14.8 Å². The number of carbonyl (C=O) groups is 1. The summed E-state index contributed by atoms with van der Waals surface area (Å²) < 4.78 is 4.99. The number of rotatable bonds is 11. The highest BCUT2D eigenvalue weighted by Gasteiger charge is 2.07. The highest BCUT2D eigenvalue weighted by atomic mass is 16.5. The number of carbonyl (C=O) groups excluding carboxylic acids is 1. The van der Waals surface area contributed by atoms with E-state index in [-0.39, 0.29) is 5.97 Å². The van der Waals surface area contributed by atoms with Crippen LogP contribution >= 0.6 is 0 Å². The molecule has 26 heavy (non-hydrogen) atoms. The number of hydrogen-bond donors (Lipinski definition) is 0. The van der Waals surface area contributed by atoms with E-state index in [2.05, 4.69) is 16.9 Å². The van der Waals surface area contributed by atoms with Crippen molar-refractivity contribution in [2.75, 3.05) is 6.61 Å². The van der Waals surface area contributed by atoms with Crippen molar-refractivity contribution < 1.29 is 9.53 Å². The molecule has 4 nitrogen and oxygen atoms in total. The summed E-state index contributed by atoms with van der Waals surface area (Å²) in [6.45, 7) is 4.43. The number of aromatic nitrogens is 2. The van der Waals surface area contributed by atoms with Crippen LogP contribution in [0.1, 0.15) is 74.7 Å². The van der Waals surface area contributed by atoms with Crippen LogP contribution in [0.3, 0.4) is 0 Å². The van der Waals surface area contributed by atoms with Crippen LogP contribution < -0.4 is 0 Å². The maximum atomic E-state index is 11.7. The lowest BCUT2D eigenvalue weighted by molar-refractivity contribution is 0.0526. The zero-order valence-electron chi connectivity index (χ0n) is 16.0. The maximum absolute atomic E-state index is 11.7. The topological polar surface area (TPSA) is 52.1 Å². The normalized spacial score (nSPS) is 10.7. The molecule has 0 unspecified atom stereocenters. The Hall–Kier alpha value is -2.23. The molecule has 0 radical (unpaired) electrons. The molecule has 0 spiro atoms. The molecule has 0 N–H and O–H groups in total. The second kappa shape index (κ2) is 11.4. The van der Waals surface area contributed by atoms with Crippen molar-refractivity contribution in [2.45, 2.75) is 65.2 Å². The minimum Gasteiger partial charge on any atom is -0.462 e. The Morgan fingerprint density at radius 3 is 2.12 bits per heavy atom. The van der Waals surface area contributed by atoms with Crippen LogP contribution in [0.2, 0.25) is 0 Å². The highest BCUT2D eigenvalue weighted by molar-refractivity contribution is 5.89. The zero-order valence-corrected chi connectivity index (χ0v) is 16.0. The summed E-state index contributed by atoms with van der Waals surface area (Å²) in [4.78, 5) is 20.6. The Kier molecular flexibility index (Phi) is 8.81. The summed E-state index contributed by atoms with van der Waals surface area (Å²) >= 11 is 0.